The van der Waals surface area contributed by atoms with Gasteiger partial charge in [-0.3, -0.25) is 0 Å². The highest BCUT2D eigenvalue weighted by atomic mass is 16.5. The van der Waals surface area contributed by atoms with Crippen molar-refractivity contribution in [2.24, 2.45) is 5.92 Å². The highest BCUT2D eigenvalue weighted by molar-refractivity contribution is 5.94. The fourth-order valence-corrected chi connectivity index (χ4v) is 1.98. The molecule has 0 aliphatic rings. The van der Waals surface area contributed by atoms with Crippen molar-refractivity contribution in [2.45, 2.75) is 20.3 Å². The zero-order valence-corrected chi connectivity index (χ0v) is 10.4. The summed E-state index contributed by atoms with van der Waals surface area (Å²) in [7, 11) is 1.39. The quantitative estimate of drug-likeness (QED) is 0.824. The molecule has 0 spiro atoms. The standard InChI is InChI=1S/C14H17NO2/c1-9(2)6-12-7-10-4-5-11(14(16)17-3)8-13(10)15-12/h4-5,7-9,15H,6H2,1-3H3. The Hall–Kier alpha value is -1.77. The third-order valence-electron chi connectivity index (χ3n) is 2.73. The fraction of sp³-hybridized carbons (Fsp3) is 0.357. The number of aromatic nitrogens is 1. The molecule has 1 aromatic heterocycles. The minimum absolute atomic E-state index is 0.299. The number of carbonyl (C=O) groups is 1. The average molecular weight is 231 g/mol. The Morgan fingerprint density at radius 2 is 2.12 bits per heavy atom. The maximum absolute atomic E-state index is 11.4. The first kappa shape index (κ1) is 11.7. The molecule has 1 aromatic carbocycles. The number of hydrogen-bond donors (Lipinski definition) is 1. The Morgan fingerprint density at radius 1 is 1.35 bits per heavy atom. The number of aromatic amines is 1. The largest absolute Gasteiger partial charge is 0.465 e. The molecule has 0 aliphatic heterocycles. The number of carbonyl (C=O) groups excluding carboxylic acids is 1. The molecule has 0 radical (unpaired) electrons. The highest BCUT2D eigenvalue weighted by Gasteiger charge is 2.08. The molecule has 0 atom stereocenters. The number of H-pyrrole nitrogens is 1. The van der Waals surface area contributed by atoms with Crippen LogP contribution in [0.3, 0.4) is 0 Å². The molecule has 0 unspecified atom stereocenters. The zero-order valence-electron chi connectivity index (χ0n) is 10.4. The van der Waals surface area contributed by atoms with Gasteiger partial charge in [-0.1, -0.05) is 19.9 Å². The van der Waals surface area contributed by atoms with Crippen LogP contribution in [0.5, 0.6) is 0 Å². The predicted molar refractivity (Wildman–Crippen MR) is 68.2 cm³/mol. The number of nitrogens with one attached hydrogen (secondary N) is 1. The number of esters is 1. The lowest BCUT2D eigenvalue weighted by Gasteiger charge is -2.00. The summed E-state index contributed by atoms with van der Waals surface area (Å²) in [6.07, 6.45) is 1.02. The van der Waals surface area contributed by atoms with E-state index in [0.29, 0.717) is 11.5 Å². The minimum Gasteiger partial charge on any atom is -0.465 e. The molecule has 2 aromatic rings. The van der Waals surface area contributed by atoms with Crippen molar-refractivity contribution >= 4 is 16.9 Å². The van der Waals surface area contributed by atoms with E-state index in [4.69, 9.17) is 4.74 Å². The van der Waals surface area contributed by atoms with Gasteiger partial charge >= 0.3 is 5.97 Å². The van der Waals surface area contributed by atoms with Crippen molar-refractivity contribution in [1.29, 1.82) is 0 Å². The monoisotopic (exact) mass is 231 g/mol. The van der Waals surface area contributed by atoms with E-state index in [9.17, 15) is 4.79 Å². The molecule has 2 rings (SSSR count). The maximum atomic E-state index is 11.4. The van der Waals surface area contributed by atoms with Gasteiger partial charge in [0, 0.05) is 11.2 Å². The maximum Gasteiger partial charge on any atom is 0.337 e. The Balaban J connectivity index is 2.37. The van der Waals surface area contributed by atoms with Gasteiger partial charge in [0.15, 0.2) is 0 Å². The summed E-state index contributed by atoms with van der Waals surface area (Å²) < 4.78 is 4.70. The van der Waals surface area contributed by atoms with Gasteiger partial charge in [-0.05, 0) is 35.9 Å². The van der Waals surface area contributed by atoms with Crippen molar-refractivity contribution < 1.29 is 9.53 Å². The van der Waals surface area contributed by atoms with Crippen LogP contribution < -0.4 is 0 Å². The smallest absolute Gasteiger partial charge is 0.337 e. The van der Waals surface area contributed by atoms with Crippen molar-refractivity contribution in [2.75, 3.05) is 7.11 Å². The summed E-state index contributed by atoms with van der Waals surface area (Å²) in [5.74, 6) is 0.315. The van der Waals surface area contributed by atoms with Crippen molar-refractivity contribution in [1.82, 2.24) is 4.98 Å². The van der Waals surface area contributed by atoms with Gasteiger partial charge in [0.1, 0.15) is 0 Å². The van der Waals surface area contributed by atoms with Gasteiger partial charge in [0.2, 0.25) is 0 Å². The molecule has 90 valence electrons. The summed E-state index contributed by atoms with van der Waals surface area (Å²) in [5, 5.41) is 1.13. The second-order valence-electron chi connectivity index (χ2n) is 4.69. The van der Waals surface area contributed by atoms with E-state index in [0.717, 1.165) is 17.3 Å². The van der Waals surface area contributed by atoms with E-state index in [-0.39, 0.29) is 5.97 Å². The molecular weight excluding hydrogens is 214 g/mol. The molecule has 0 amide bonds. The van der Waals surface area contributed by atoms with Crippen LogP contribution in [0.25, 0.3) is 10.9 Å². The number of methoxy groups -OCH3 is 1. The first-order valence-electron chi connectivity index (χ1n) is 5.80. The normalized spacial score (nSPS) is 11.1. The number of ether oxygens (including phenoxy) is 1. The minimum atomic E-state index is -0.299. The van der Waals surface area contributed by atoms with Gasteiger partial charge in [-0.15, -0.1) is 0 Å². The molecule has 0 saturated heterocycles. The molecule has 3 nitrogen and oxygen atoms in total. The molecule has 1 heterocycles. The van der Waals surface area contributed by atoms with E-state index in [1.807, 2.05) is 12.1 Å². The Labute approximate surface area is 101 Å². The lowest BCUT2D eigenvalue weighted by molar-refractivity contribution is 0.0601. The summed E-state index contributed by atoms with van der Waals surface area (Å²) in [6.45, 7) is 4.37. The van der Waals surface area contributed by atoms with Gasteiger partial charge in [-0.2, -0.15) is 0 Å². The summed E-state index contributed by atoms with van der Waals surface area (Å²) >= 11 is 0. The number of rotatable bonds is 3. The molecule has 0 saturated carbocycles. The van der Waals surface area contributed by atoms with Gasteiger partial charge in [0.25, 0.3) is 0 Å². The van der Waals surface area contributed by atoms with Crippen LogP contribution in [0, 0.1) is 5.92 Å². The summed E-state index contributed by atoms with van der Waals surface area (Å²) in [6, 6.07) is 7.71. The van der Waals surface area contributed by atoms with Gasteiger partial charge < -0.3 is 9.72 Å². The van der Waals surface area contributed by atoms with Gasteiger partial charge in [0.05, 0.1) is 12.7 Å². The predicted octanol–water partition coefficient (Wildman–Crippen LogP) is 3.15. The number of benzene rings is 1. The molecule has 1 N–H and O–H groups in total. The van der Waals surface area contributed by atoms with Crippen LogP contribution in [0.15, 0.2) is 24.3 Å². The molecule has 0 aliphatic carbocycles. The zero-order chi connectivity index (χ0) is 12.4. The van der Waals surface area contributed by atoms with Crippen LogP contribution in [0.4, 0.5) is 0 Å². The summed E-state index contributed by atoms with van der Waals surface area (Å²) in [4.78, 5) is 14.7. The lowest BCUT2D eigenvalue weighted by atomic mass is 10.1. The molecular formula is C14H17NO2. The van der Waals surface area contributed by atoms with E-state index < -0.39 is 0 Å². The lowest BCUT2D eigenvalue weighted by Crippen LogP contribution is -2.00. The van der Waals surface area contributed by atoms with Crippen LogP contribution in [-0.4, -0.2) is 18.1 Å². The van der Waals surface area contributed by atoms with Gasteiger partial charge in [-0.25, -0.2) is 4.79 Å². The molecule has 0 bridgehead atoms. The second kappa shape index (κ2) is 4.62. The third kappa shape index (κ3) is 2.49. The number of fused-ring (bicyclic) bond motifs is 1. The van der Waals surface area contributed by atoms with Crippen LogP contribution in [0.2, 0.25) is 0 Å². The first-order valence-corrected chi connectivity index (χ1v) is 5.80. The van der Waals surface area contributed by atoms with Crippen molar-refractivity contribution in [3.8, 4) is 0 Å². The molecule has 17 heavy (non-hydrogen) atoms. The molecule has 0 fully saturated rings. The van der Waals surface area contributed by atoms with Crippen molar-refractivity contribution in [3.63, 3.8) is 0 Å². The van der Waals surface area contributed by atoms with Crippen LogP contribution >= 0.6 is 0 Å². The fourth-order valence-electron chi connectivity index (χ4n) is 1.98. The average Bonchev–Trinajstić information content (AvgIpc) is 2.67. The first-order chi connectivity index (χ1) is 8.10. The van der Waals surface area contributed by atoms with Crippen molar-refractivity contribution in [3.05, 3.63) is 35.5 Å². The Kier molecular flexibility index (Phi) is 3.18. The van der Waals surface area contributed by atoms with E-state index in [1.165, 1.54) is 12.8 Å². The molecule has 3 heteroatoms. The topological polar surface area (TPSA) is 42.1 Å². The van der Waals surface area contributed by atoms with Crippen LogP contribution in [0.1, 0.15) is 29.9 Å². The highest BCUT2D eigenvalue weighted by Crippen LogP contribution is 2.19. The van der Waals surface area contributed by atoms with Crippen LogP contribution in [-0.2, 0) is 11.2 Å². The SMILES string of the molecule is COC(=O)c1ccc2cc(CC(C)C)[nH]c2c1. The summed E-state index contributed by atoms with van der Waals surface area (Å²) in [5.41, 5.74) is 2.78. The van der Waals surface area contributed by atoms with E-state index >= 15 is 0 Å². The Bertz CT molecular complexity index is 540. The Morgan fingerprint density at radius 3 is 2.76 bits per heavy atom. The van der Waals surface area contributed by atoms with E-state index in [1.54, 1.807) is 6.07 Å². The number of hydrogen-bond acceptors (Lipinski definition) is 2. The van der Waals surface area contributed by atoms with E-state index in [2.05, 4.69) is 24.9 Å². The third-order valence-corrected chi connectivity index (χ3v) is 2.73. The second-order valence-corrected chi connectivity index (χ2v) is 4.69.